The van der Waals surface area contributed by atoms with Crippen molar-refractivity contribution in [2.75, 3.05) is 6.61 Å². The second-order valence-corrected chi connectivity index (χ2v) is 5.46. The average Bonchev–Trinajstić information content (AvgIpc) is 2.82. The molecular weight excluding hydrogens is 252 g/mol. The first-order valence-corrected chi connectivity index (χ1v) is 6.78. The Kier molecular flexibility index (Phi) is 2.22. The van der Waals surface area contributed by atoms with Crippen molar-refractivity contribution in [3.63, 3.8) is 0 Å². The van der Waals surface area contributed by atoms with E-state index < -0.39 is 0 Å². The second-order valence-electron chi connectivity index (χ2n) is 5.46. The highest BCUT2D eigenvalue weighted by molar-refractivity contribution is 6.07. The summed E-state index contributed by atoms with van der Waals surface area (Å²) in [6, 6.07) is 10.1. The minimum Gasteiger partial charge on any atom is -0.492 e. The summed E-state index contributed by atoms with van der Waals surface area (Å²) in [4.78, 5) is 12.2. The Balaban J connectivity index is 2.24. The Bertz CT molecular complexity index is 905. The van der Waals surface area contributed by atoms with Crippen LogP contribution in [-0.2, 0) is 0 Å². The van der Waals surface area contributed by atoms with Crippen molar-refractivity contribution < 1.29 is 9.15 Å². The molecule has 0 unspecified atom stereocenters. The summed E-state index contributed by atoms with van der Waals surface area (Å²) >= 11 is 0. The van der Waals surface area contributed by atoms with E-state index >= 15 is 0 Å². The van der Waals surface area contributed by atoms with Crippen LogP contribution in [0.4, 0.5) is 0 Å². The lowest BCUT2D eigenvalue weighted by molar-refractivity contribution is 0.340. The molecule has 0 N–H and O–H groups in total. The maximum absolute atomic E-state index is 12.2. The summed E-state index contributed by atoms with van der Waals surface area (Å²) in [6.07, 6.45) is 0. The molecule has 0 fully saturated rings. The molecule has 3 nitrogen and oxygen atoms in total. The van der Waals surface area contributed by atoms with Gasteiger partial charge in [-0.15, -0.1) is 0 Å². The molecule has 0 saturated heterocycles. The number of hydrogen-bond donors (Lipinski definition) is 0. The Morgan fingerprint density at radius 1 is 1.10 bits per heavy atom. The number of fused-ring (bicyclic) bond motifs is 5. The zero-order valence-corrected chi connectivity index (χ0v) is 11.4. The lowest BCUT2D eigenvalue weighted by atomic mass is 10.00. The molecule has 0 radical (unpaired) electrons. The van der Waals surface area contributed by atoms with Gasteiger partial charge < -0.3 is 9.15 Å². The van der Waals surface area contributed by atoms with Gasteiger partial charge in [0.1, 0.15) is 11.3 Å². The number of ether oxygens (including phenoxy) is 1. The van der Waals surface area contributed by atoms with E-state index in [-0.39, 0.29) is 11.5 Å². The molecule has 3 heteroatoms. The van der Waals surface area contributed by atoms with E-state index in [1.54, 1.807) is 0 Å². The molecule has 100 valence electrons. The largest absolute Gasteiger partial charge is 0.492 e. The molecule has 0 bridgehead atoms. The molecule has 0 aliphatic carbocycles. The van der Waals surface area contributed by atoms with Crippen LogP contribution >= 0.6 is 0 Å². The first-order valence-electron chi connectivity index (χ1n) is 6.78. The van der Waals surface area contributed by atoms with Gasteiger partial charge in [0.15, 0.2) is 0 Å². The van der Waals surface area contributed by atoms with Crippen LogP contribution in [0.25, 0.3) is 21.7 Å². The third kappa shape index (κ3) is 1.38. The minimum absolute atomic E-state index is 0.0962. The smallest absolute Gasteiger partial charge is 0.343 e. The maximum atomic E-state index is 12.2. The van der Waals surface area contributed by atoms with Crippen LogP contribution in [0.2, 0.25) is 0 Å². The van der Waals surface area contributed by atoms with E-state index in [2.05, 4.69) is 19.1 Å². The Hall–Kier alpha value is -2.29. The van der Waals surface area contributed by atoms with Crippen LogP contribution in [0.5, 0.6) is 5.75 Å². The molecule has 1 atom stereocenters. The van der Waals surface area contributed by atoms with E-state index in [4.69, 9.17) is 9.15 Å². The lowest BCUT2D eigenvalue weighted by Crippen LogP contribution is -2.07. The van der Waals surface area contributed by atoms with Crippen LogP contribution in [-0.4, -0.2) is 6.61 Å². The summed E-state index contributed by atoms with van der Waals surface area (Å²) in [5.41, 5.74) is 2.20. The van der Waals surface area contributed by atoms with Gasteiger partial charge in [-0.05, 0) is 23.9 Å². The number of benzene rings is 2. The summed E-state index contributed by atoms with van der Waals surface area (Å²) in [7, 11) is 0. The first-order chi connectivity index (χ1) is 9.66. The van der Waals surface area contributed by atoms with Crippen LogP contribution in [0.3, 0.4) is 0 Å². The molecule has 1 aliphatic rings. The lowest BCUT2D eigenvalue weighted by Gasteiger charge is -2.08. The highest BCUT2D eigenvalue weighted by Gasteiger charge is 2.28. The van der Waals surface area contributed by atoms with Gasteiger partial charge in [0.05, 0.1) is 17.6 Å². The third-order valence-electron chi connectivity index (χ3n) is 4.10. The summed E-state index contributed by atoms with van der Waals surface area (Å²) in [5, 5.41) is 2.96. The Morgan fingerprint density at radius 3 is 2.75 bits per heavy atom. The van der Waals surface area contributed by atoms with Crippen molar-refractivity contribution in [3.05, 3.63) is 51.9 Å². The average molecular weight is 266 g/mol. The zero-order valence-electron chi connectivity index (χ0n) is 11.4. The molecule has 0 amide bonds. The van der Waals surface area contributed by atoms with Crippen LogP contribution in [0.1, 0.15) is 24.0 Å². The molecule has 1 aliphatic heterocycles. The van der Waals surface area contributed by atoms with Gasteiger partial charge in [-0.25, -0.2) is 4.79 Å². The molecule has 0 saturated carbocycles. The normalized spacial score (nSPS) is 17.4. The first kappa shape index (κ1) is 11.5. The topological polar surface area (TPSA) is 39.4 Å². The maximum Gasteiger partial charge on any atom is 0.343 e. The van der Waals surface area contributed by atoms with Crippen molar-refractivity contribution in [2.24, 2.45) is 0 Å². The van der Waals surface area contributed by atoms with E-state index in [9.17, 15) is 4.79 Å². The summed E-state index contributed by atoms with van der Waals surface area (Å²) < 4.78 is 11.3. The van der Waals surface area contributed by atoms with E-state index in [0.29, 0.717) is 23.5 Å². The number of hydrogen-bond acceptors (Lipinski definition) is 3. The predicted octanol–water partition coefficient (Wildman–Crippen LogP) is 3.75. The molecule has 0 spiro atoms. The Morgan fingerprint density at radius 2 is 1.90 bits per heavy atom. The SMILES string of the molecule is Cc1cccc2c1ccc1c3c(c(=O)oc12)[C@@H](C)CO3. The second kappa shape index (κ2) is 3.85. The molecule has 4 rings (SSSR count). The van der Waals surface area contributed by atoms with Crippen LogP contribution in [0, 0.1) is 6.92 Å². The van der Waals surface area contributed by atoms with Gasteiger partial charge in [-0.1, -0.05) is 31.2 Å². The monoisotopic (exact) mass is 266 g/mol. The molecule has 2 heterocycles. The van der Waals surface area contributed by atoms with Gasteiger partial charge in [-0.2, -0.15) is 0 Å². The highest BCUT2D eigenvalue weighted by Crippen LogP contribution is 2.39. The van der Waals surface area contributed by atoms with Crippen molar-refractivity contribution in [2.45, 2.75) is 19.8 Å². The van der Waals surface area contributed by atoms with Crippen LogP contribution in [0.15, 0.2) is 39.5 Å². The number of rotatable bonds is 0. The quantitative estimate of drug-likeness (QED) is 0.459. The Labute approximate surface area is 115 Å². The molecule has 2 aromatic carbocycles. The van der Waals surface area contributed by atoms with Gasteiger partial charge >= 0.3 is 5.63 Å². The fourth-order valence-electron chi connectivity index (χ4n) is 3.03. The molecular formula is C17H14O3. The van der Waals surface area contributed by atoms with Gasteiger partial charge in [0, 0.05) is 11.3 Å². The van der Waals surface area contributed by atoms with E-state index in [0.717, 1.165) is 16.2 Å². The van der Waals surface area contributed by atoms with E-state index in [1.165, 1.54) is 5.56 Å². The fourth-order valence-corrected chi connectivity index (χ4v) is 3.03. The highest BCUT2D eigenvalue weighted by atomic mass is 16.5. The van der Waals surface area contributed by atoms with Gasteiger partial charge in [0.2, 0.25) is 0 Å². The zero-order chi connectivity index (χ0) is 13.9. The van der Waals surface area contributed by atoms with Crippen molar-refractivity contribution in [3.8, 4) is 5.75 Å². The third-order valence-corrected chi connectivity index (χ3v) is 4.10. The molecule has 1 aromatic heterocycles. The predicted molar refractivity (Wildman–Crippen MR) is 78.6 cm³/mol. The standard InChI is InChI=1S/C17H14O3/c1-9-4-3-5-12-11(9)6-7-13-15(12)20-17(18)14-10(2)8-19-16(13)14/h3-7,10H,8H2,1-2H3/t10-/m0/s1. The minimum atomic E-state index is -0.272. The molecule has 20 heavy (non-hydrogen) atoms. The summed E-state index contributed by atoms with van der Waals surface area (Å²) in [5.74, 6) is 0.797. The van der Waals surface area contributed by atoms with Crippen molar-refractivity contribution in [1.82, 2.24) is 0 Å². The summed E-state index contributed by atoms with van der Waals surface area (Å²) in [6.45, 7) is 4.59. The van der Waals surface area contributed by atoms with Gasteiger partial charge in [0.25, 0.3) is 0 Å². The molecule has 3 aromatic rings. The number of aryl methyl sites for hydroxylation is 1. The van der Waals surface area contributed by atoms with Gasteiger partial charge in [-0.3, -0.25) is 0 Å². The fraction of sp³-hybridized carbons (Fsp3) is 0.235. The van der Waals surface area contributed by atoms with E-state index in [1.807, 2.05) is 25.1 Å². The van der Waals surface area contributed by atoms with Crippen molar-refractivity contribution in [1.29, 1.82) is 0 Å². The van der Waals surface area contributed by atoms with Crippen molar-refractivity contribution >= 4 is 21.7 Å². The van der Waals surface area contributed by atoms with Crippen LogP contribution < -0.4 is 10.4 Å².